The van der Waals surface area contributed by atoms with E-state index >= 15 is 0 Å². The number of hydrogen-bond acceptors (Lipinski definition) is 4. The molecule has 0 spiro atoms. The van der Waals surface area contributed by atoms with Gasteiger partial charge in [-0.2, -0.15) is 0 Å². The number of nitrogens with two attached hydrogens (primary N) is 1. The predicted molar refractivity (Wildman–Crippen MR) is 67.6 cm³/mol. The Bertz CT molecular complexity index is 377. The van der Waals surface area contributed by atoms with Crippen LogP contribution in [0.4, 0.5) is 0 Å². The lowest BCUT2D eigenvalue weighted by molar-refractivity contribution is -0.124. The molecule has 6 heteroatoms. The van der Waals surface area contributed by atoms with E-state index in [-0.39, 0.29) is 5.91 Å². The Kier molecular flexibility index (Phi) is 3.73. The van der Waals surface area contributed by atoms with Crippen LogP contribution in [0.3, 0.4) is 0 Å². The minimum Gasteiger partial charge on any atom is -0.368 e. The summed E-state index contributed by atoms with van der Waals surface area (Å²) in [6.45, 7) is 2.75. The molecule has 0 aromatic carbocycles. The Hall–Kier alpha value is -1.01. The fourth-order valence-electron chi connectivity index (χ4n) is 2.08. The van der Waals surface area contributed by atoms with Crippen molar-refractivity contribution in [1.82, 2.24) is 15.3 Å². The van der Waals surface area contributed by atoms with Gasteiger partial charge < -0.3 is 16.0 Å². The van der Waals surface area contributed by atoms with Crippen molar-refractivity contribution in [3.05, 3.63) is 12.4 Å². The fraction of sp³-hybridized carbons (Fsp3) is 0.636. The zero-order valence-electron chi connectivity index (χ0n) is 9.90. The highest BCUT2D eigenvalue weighted by Crippen LogP contribution is 2.41. The van der Waals surface area contributed by atoms with E-state index in [2.05, 4.69) is 15.3 Å². The quantitative estimate of drug-likeness (QED) is 0.627. The Labute approximate surface area is 105 Å². The number of aromatic amines is 1. The van der Waals surface area contributed by atoms with Gasteiger partial charge in [0.15, 0.2) is 5.16 Å². The molecule has 1 unspecified atom stereocenters. The van der Waals surface area contributed by atoms with Gasteiger partial charge in [-0.05, 0) is 25.3 Å². The van der Waals surface area contributed by atoms with E-state index in [1.165, 1.54) is 0 Å². The number of imidazole rings is 1. The second kappa shape index (κ2) is 5.10. The third-order valence-corrected chi connectivity index (χ3v) is 4.21. The van der Waals surface area contributed by atoms with Crippen molar-refractivity contribution in [3.8, 4) is 0 Å². The fourth-order valence-corrected chi connectivity index (χ4v) is 3.21. The highest BCUT2D eigenvalue weighted by molar-refractivity contribution is 7.99. The number of likely N-dealkylation sites (N-methyl/N-ethyl adjacent to an activating group) is 1. The summed E-state index contributed by atoms with van der Waals surface area (Å²) >= 11 is 1.54. The lowest BCUT2D eigenvalue weighted by atomic mass is 9.94. The molecule has 4 N–H and O–H groups in total. The van der Waals surface area contributed by atoms with Crippen LogP contribution < -0.4 is 11.1 Å². The molecule has 1 atom stereocenters. The van der Waals surface area contributed by atoms with E-state index < -0.39 is 5.54 Å². The molecule has 1 aliphatic carbocycles. The molecule has 1 heterocycles. The highest BCUT2D eigenvalue weighted by atomic mass is 32.2. The largest absolute Gasteiger partial charge is 0.368 e. The first-order valence-corrected chi connectivity index (χ1v) is 6.84. The smallest absolute Gasteiger partial charge is 0.238 e. The number of primary amides is 1. The number of rotatable bonds is 7. The van der Waals surface area contributed by atoms with Crippen molar-refractivity contribution in [3.63, 3.8) is 0 Å². The van der Waals surface area contributed by atoms with Crippen LogP contribution in [0.25, 0.3) is 0 Å². The van der Waals surface area contributed by atoms with Gasteiger partial charge >= 0.3 is 0 Å². The molecule has 94 valence electrons. The molecule has 1 saturated carbocycles. The molecular weight excluding hydrogens is 236 g/mol. The van der Waals surface area contributed by atoms with Crippen molar-refractivity contribution < 1.29 is 4.79 Å². The van der Waals surface area contributed by atoms with Gasteiger partial charge in [0.1, 0.15) is 5.54 Å². The van der Waals surface area contributed by atoms with Gasteiger partial charge in [0.2, 0.25) is 5.91 Å². The van der Waals surface area contributed by atoms with Crippen LogP contribution in [0.2, 0.25) is 0 Å². The molecule has 0 radical (unpaired) electrons. The van der Waals surface area contributed by atoms with Crippen molar-refractivity contribution in [2.75, 3.05) is 12.3 Å². The van der Waals surface area contributed by atoms with Gasteiger partial charge in [-0.25, -0.2) is 4.98 Å². The van der Waals surface area contributed by atoms with Crippen LogP contribution >= 0.6 is 11.8 Å². The Morgan fingerprint density at radius 1 is 1.76 bits per heavy atom. The van der Waals surface area contributed by atoms with Crippen LogP contribution in [-0.2, 0) is 4.79 Å². The van der Waals surface area contributed by atoms with E-state index in [0.29, 0.717) is 11.7 Å². The minimum atomic E-state index is -0.577. The molecule has 5 nitrogen and oxygen atoms in total. The van der Waals surface area contributed by atoms with Crippen molar-refractivity contribution in [2.45, 2.75) is 30.5 Å². The summed E-state index contributed by atoms with van der Waals surface area (Å²) in [6, 6.07) is 0. The van der Waals surface area contributed by atoms with Crippen LogP contribution in [0.15, 0.2) is 17.6 Å². The number of nitrogens with one attached hydrogen (secondary N) is 2. The third kappa shape index (κ3) is 2.63. The zero-order valence-corrected chi connectivity index (χ0v) is 10.7. The minimum absolute atomic E-state index is 0.249. The number of carbonyl (C=O) groups excluding carboxylic acids is 1. The lowest BCUT2D eigenvalue weighted by Gasteiger charge is -2.31. The number of carbonyl (C=O) groups is 1. The number of hydrogen-bond donors (Lipinski definition) is 3. The third-order valence-electron chi connectivity index (χ3n) is 3.12. The second-order valence-corrected chi connectivity index (χ2v) is 5.29. The molecule has 0 aliphatic heterocycles. The lowest BCUT2D eigenvalue weighted by Crippen LogP contribution is -2.59. The van der Waals surface area contributed by atoms with Crippen LogP contribution in [-0.4, -0.2) is 33.7 Å². The molecule has 1 aromatic heterocycles. The van der Waals surface area contributed by atoms with Gasteiger partial charge in [-0.3, -0.25) is 4.79 Å². The molecule has 0 saturated heterocycles. The number of aromatic nitrogens is 2. The Morgan fingerprint density at radius 3 is 3.00 bits per heavy atom. The maximum Gasteiger partial charge on any atom is 0.238 e. The van der Waals surface area contributed by atoms with Gasteiger partial charge in [0.25, 0.3) is 0 Å². The summed E-state index contributed by atoms with van der Waals surface area (Å²) in [7, 11) is 0. The molecule has 1 aliphatic rings. The van der Waals surface area contributed by atoms with Gasteiger partial charge in [-0.1, -0.05) is 18.7 Å². The van der Waals surface area contributed by atoms with Crippen LogP contribution in [0.5, 0.6) is 0 Å². The molecule has 1 amide bonds. The molecular formula is C11H18N4OS. The Morgan fingerprint density at radius 2 is 2.53 bits per heavy atom. The molecule has 0 bridgehead atoms. The maximum absolute atomic E-state index is 11.8. The van der Waals surface area contributed by atoms with Crippen molar-refractivity contribution in [1.29, 1.82) is 0 Å². The monoisotopic (exact) mass is 254 g/mol. The second-order valence-electron chi connectivity index (χ2n) is 4.32. The van der Waals surface area contributed by atoms with E-state index in [0.717, 1.165) is 24.5 Å². The SMILES string of the molecule is CCNC(CSc1ncc[nH]1)(C(N)=O)C1CC1. The molecule has 1 aromatic rings. The number of nitrogens with zero attached hydrogens (tertiary/aromatic N) is 1. The van der Waals surface area contributed by atoms with Gasteiger partial charge in [0.05, 0.1) is 0 Å². The van der Waals surface area contributed by atoms with E-state index in [4.69, 9.17) is 5.73 Å². The first-order valence-electron chi connectivity index (χ1n) is 5.86. The topological polar surface area (TPSA) is 83.8 Å². The van der Waals surface area contributed by atoms with Crippen molar-refractivity contribution in [2.24, 2.45) is 11.7 Å². The van der Waals surface area contributed by atoms with Crippen LogP contribution in [0, 0.1) is 5.92 Å². The number of amides is 1. The van der Waals surface area contributed by atoms with E-state index in [9.17, 15) is 4.79 Å². The maximum atomic E-state index is 11.8. The molecule has 2 rings (SSSR count). The van der Waals surface area contributed by atoms with Gasteiger partial charge in [-0.15, -0.1) is 0 Å². The van der Waals surface area contributed by atoms with Gasteiger partial charge in [0, 0.05) is 18.1 Å². The zero-order chi connectivity index (χ0) is 12.3. The predicted octanol–water partition coefficient (Wildman–Crippen LogP) is 0.745. The van der Waals surface area contributed by atoms with E-state index in [1.54, 1.807) is 24.2 Å². The van der Waals surface area contributed by atoms with Crippen LogP contribution in [0.1, 0.15) is 19.8 Å². The average molecular weight is 254 g/mol. The summed E-state index contributed by atoms with van der Waals surface area (Å²) in [5, 5.41) is 4.11. The highest BCUT2D eigenvalue weighted by Gasteiger charge is 2.49. The summed E-state index contributed by atoms with van der Waals surface area (Å²) in [5.74, 6) is 0.761. The molecule has 1 fully saturated rings. The standard InChI is InChI=1S/C11H18N4OS/c1-2-15-11(9(12)16,8-3-4-8)7-17-10-13-5-6-14-10/h5-6,8,15H,2-4,7H2,1H3,(H2,12,16)(H,13,14). The first kappa shape index (κ1) is 12.4. The van der Waals surface area contributed by atoms with Crippen molar-refractivity contribution >= 4 is 17.7 Å². The number of H-pyrrole nitrogens is 1. The van der Waals surface area contributed by atoms with E-state index in [1.807, 2.05) is 6.92 Å². The first-order chi connectivity index (χ1) is 8.19. The summed E-state index contributed by atoms with van der Waals surface area (Å²) in [4.78, 5) is 18.9. The molecule has 17 heavy (non-hydrogen) atoms. The normalized spacial score (nSPS) is 18.9. The Balaban J connectivity index is 2.06. The summed E-state index contributed by atoms with van der Waals surface area (Å²) < 4.78 is 0. The number of thioether (sulfide) groups is 1. The average Bonchev–Trinajstić information content (AvgIpc) is 3.02. The summed E-state index contributed by atoms with van der Waals surface area (Å²) in [6.07, 6.45) is 5.64. The summed E-state index contributed by atoms with van der Waals surface area (Å²) in [5.41, 5.74) is 5.02.